The van der Waals surface area contributed by atoms with Crippen molar-refractivity contribution in [1.29, 1.82) is 0 Å². The van der Waals surface area contributed by atoms with E-state index in [1.54, 1.807) is 6.92 Å². The van der Waals surface area contributed by atoms with E-state index in [9.17, 15) is 24.6 Å². The number of hydrogen-bond donors (Lipinski definition) is 3. The summed E-state index contributed by atoms with van der Waals surface area (Å²) in [6.45, 7) is 5.34. The Morgan fingerprint density at radius 1 is 1.31 bits per heavy atom. The molecule has 1 atom stereocenters. The first-order valence-corrected chi connectivity index (χ1v) is 8.45. The Morgan fingerprint density at radius 2 is 1.96 bits per heavy atom. The highest BCUT2D eigenvalue weighted by Gasteiger charge is 2.23. The molecule has 0 radical (unpaired) electrons. The third-order valence-corrected chi connectivity index (χ3v) is 4.34. The zero-order chi connectivity index (χ0) is 19.6. The van der Waals surface area contributed by atoms with Crippen molar-refractivity contribution in [3.8, 4) is 5.75 Å². The van der Waals surface area contributed by atoms with Crippen LogP contribution in [0.25, 0.3) is 11.0 Å². The fourth-order valence-electron chi connectivity index (χ4n) is 2.70. The molecule has 0 saturated carbocycles. The molecule has 2 aromatic rings. The van der Waals surface area contributed by atoms with Crippen LogP contribution in [-0.4, -0.2) is 28.1 Å². The van der Waals surface area contributed by atoms with Gasteiger partial charge in [0.25, 0.3) is 0 Å². The molecule has 0 fully saturated rings. The molecule has 8 heteroatoms. The second-order valence-electron chi connectivity index (χ2n) is 6.56. The Kier molecular flexibility index (Phi) is 5.92. The lowest BCUT2D eigenvalue weighted by Gasteiger charge is -2.16. The summed E-state index contributed by atoms with van der Waals surface area (Å²) >= 11 is 5.90. The highest BCUT2D eigenvalue weighted by atomic mass is 35.5. The van der Waals surface area contributed by atoms with Crippen LogP contribution in [-0.2, 0) is 16.0 Å². The van der Waals surface area contributed by atoms with Gasteiger partial charge in [-0.1, -0.05) is 25.4 Å². The Balaban J connectivity index is 2.32. The largest absolute Gasteiger partial charge is 0.506 e. The van der Waals surface area contributed by atoms with Crippen molar-refractivity contribution >= 4 is 34.4 Å². The molecule has 1 amide bonds. The standard InChI is InChI=1S/C18H20ClNO6/c1-8(2)4-13(17(23)24)20-16(22)6-11-9(3)10-5-12(19)14(21)7-15(10)26-18(11)25/h5,7-8,13,21H,4,6H2,1-3H3,(H,20,22)(H,23,24)/t13-/m1/s1. The number of aryl methyl sites for hydroxylation is 1. The molecule has 0 aliphatic rings. The van der Waals surface area contributed by atoms with E-state index in [1.807, 2.05) is 13.8 Å². The first-order valence-electron chi connectivity index (χ1n) is 8.07. The molecule has 2 rings (SSSR count). The molecule has 7 nitrogen and oxygen atoms in total. The number of hydrogen-bond acceptors (Lipinski definition) is 5. The minimum atomic E-state index is -1.13. The van der Waals surface area contributed by atoms with Gasteiger partial charge in [-0.25, -0.2) is 9.59 Å². The molecule has 0 saturated heterocycles. The molecule has 0 bridgehead atoms. The maximum absolute atomic E-state index is 12.2. The molecule has 140 valence electrons. The molecular weight excluding hydrogens is 362 g/mol. The number of aromatic hydroxyl groups is 1. The van der Waals surface area contributed by atoms with Crippen LogP contribution in [0.1, 0.15) is 31.4 Å². The summed E-state index contributed by atoms with van der Waals surface area (Å²) in [7, 11) is 0. The predicted octanol–water partition coefficient (Wildman–Crippen LogP) is 2.62. The van der Waals surface area contributed by atoms with Crippen molar-refractivity contribution in [2.75, 3.05) is 0 Å². The topological polar surface area (TPSA) is 117 Å². The third kappa shape index (κ3) is 4.35. The molecule has 0 unspecified atom stereocenters. The number of fused-ring (bicyclic) bond motifs is 1. The summed E-state index contributed by atoms with van der Waals surface area (Å²) in [4.78, 5) is 35.7. The number of phenols is 1. The molecule has 0 spiro atoms. The van der Waals surface area contributed by atoms with Crippen molar-refractivity contribution in [2.24, 2.45) is 5.92 Å². The highest BCUT2D eigenvalue weighted by molar-refractivity contribution is 6.32. The van der Waals surface area contributed by atoms with Crippen molar-refractivity contribution in [2.45, 2.75) is 39.7 Å². The maximum Gasteiger partial charge on any atom is 0.340 e. The molecule has 1 aromatic heterocycles. The first kappa shape index (κ1) is 19.8. The smallest absolute Gasteiger partial charge is 0.340 e. The van der Waals surface area contributed by atoms with Crippen LogP contribution in [0, 0.1) is 12.8 Å². The molecule has 0 aliphatic carbocycles. The van der Waals surface area contributed by atoms with E-state index >= 15 is 0 Å². The second-order valence-corrected chi connectivity index (χ2v) is 6.96. The molecule has 26 heavy (non-hydrogen) atoms. The summed E-state index contributed by atoms with van der Waals surface area (Å²) in [6, 6.07) is 1.66. The summed E-state index contributed by atoms with van der Waals surface area (Å²) in [6.07, 6.45) is -0.0360. The predicted molar refractivity (Wildman–Crippen MR) is 96.6 cm³/mol. The lowest BCUT2D eigenvalue weighted by Crippen LogP contribution is -2.42. The van der Waals surface area contributed by atoms with Crippen LogP contribution in [0.2, 0.25) is 5.02 Å². The van der Waals surface area contributed by atoms with Crippen LogP contribution in [0.3, 0.4) is 0 Å². The van der Waals surface area contributed by atoms with Crippen LogP contribution < -0.4 is 10.9 Å². The van der Waals surface area contributed by atoms with Crippen LogP contribution in [0.15, 0.2) is 21.3 Å². The molecule has 3 N–H and O–H groups in total. The van der Waals surface area contributed by atoms with E-state index in [-0.39, 0.29) is 40.7 Å². The minimum Gasteiger partial charge on any atom is -0.506 e. The zero-order valence-corrected chi connectivity index (χ0v) is 15.4. The number of phenolic OH excluding ortho intramolecular Hbond substituents is 1. The Morgan fingerprint density at radius 3 is 2.54 bits per heavy atom. The molecular formula is C18H20ClNO6. The van der Waals surface area contributed by atoms with E-state index in [4.69, 9.17) is 16.0 Å². The van der Waals surface area contributed by atoms with Gasteiger partial charge in [0.15, 0.2) is 0 Å². The lowest BCUT2D eigenvalue weighted by atomic mass is 10.0. The van der Waals surface area contributed by atoms with Crippen LogP contribution in [0.4, 0.5) is 0 Å². The zero-order valence-electron chi connectivity index (χ0n) is 14.6. The number of rotatable bonds is 6. The van der Waals surface area contributed by atoms with E-state index in [0.29, 0.717) is 10.9 Å². The van der Waals surface area contributed by atoms with Crippen molar-refractivity contribution < 1.29 is 24.2 Å². The van der Waals surface area contributed by atoms with Crippen molar-refractivity contribution in [1.82, 2.24) is 5.32 Å². The minimum absolute atomic E-state index is 0.0821. The normalized spacial score (nSPS) is 12.3. The van der Waals surface area contributed by atoms with E-state index in [2.05, 4.69) is 5.32 Å². The summed E-state index contributed by atoms with van der Waals surface area (Å²) < 4.78 is 5.16. The number of carbonyl (C=O) groups is 2. The maximum atomic E-state index is 12.2. The Labute approximate surface area is 154 Å². The van der Waals surface area contributed by atoms with Gasteiger partial charge in [0.05, 0.1) is 17.0 Å². The lowest BCUT2D eigenvalue weighted by molar-refractivity contribution is -0.142. The number of aliphatic carboxylic acids is 1. The number of halogens is 1. The number of carboxylic acid groups (broad SMARTS) is 1. The van der Waals surface area contributed by atoms with Gasteiger partial charge in [-0.3, -0.25) is 4.79 Å². The number of carboxylic acids is 1. The van der Waals surface area contributed by atoms with Crippen molar-refractivity contribution in [3.63, 3.8) is 0 Å². The van der Waals surface area contributed by atoms with Gasteiger partial charge >= 0.3 is 11.6 Å². The number of carbonyl (C=O) groups excluding carboxylic acids is 1. The second kappa shape index (κ2) is 7.78. The average Bonchev–Trinajstić information content (AvgIpc) is 2.52. The Bertz CT molecular complexity index is 918. The summed E-state index contributed by atoms with van der Waals surface area (Å²) in [5.74, 6) is -1.85. The van der Waals surface area contributed by atoms with E-state index in [0.717, 1.165) is 0 Å². The average molecular weight is 382 g/mol. The van der Waals surface area contributed by atoms with E-state index in [1.165, 1.54) is 12.1 Å². The van der Waals surface area contributed by atoms with Crippen LogP contribution in [0.5, 0.6) is 5.75 Å². The quantitative estimate of drug-likeness (QED) is 0.662. The SMILES string of the molecule is Cc1c(CC(=O)N[C@H](CC(C)C)C(=O)O)c(=O)oc2cc(O)c(Cl)cc12. The van der Waals surface area contributed by atoms with Crippen molar-refractivity contribution in [3.05, 3.63) is 38.7 Å². The van der Waals surface area contributed by atoms with Gasteiger partial charge in [0.2, 0.25) is 5.91 Å². The van der Waals surface area contributed by atoms with Gasteiger partial charge in [-0.15, -0.1) is 0 Å². The fraction of sp³-hybridized carbons (Fsp3) is 0.389. The summed E-state index contributed by atoms with van der Waals surface area (Å²) in [5.41, 5.74) is 0.0406. The molecule has 1 aromatic carbocycles. The first-order chi connectivity index (χ1) is 12.1. The molecule has 1 heterocycles. The highest BCUT2D eigenvalue weighted by Crippen LogP contribution is 2.30. The number of amides is 1. The summed E-state index contributed by atoms with van der Waals surface area (Å²) in [5, 5.41) is 21.9. The molecule has 0 aliphatic heterocycles. The van der Waals surface area contributed by atoms with Gasteiger partial charge < -0.3 is 19.9 Å². The Hall–Kier alpha value is -2.54. The number of benzene rings is 1. The van der Waals surface area contributed by atoms with Gasteiger partial charge in [-0.05, 0) is 30.9 Å². The van der Waals surface area contributed by atoms with Gasteiger partial charge in [-0.2, -0.15) is 0 Å². The third-order valence-electron chi connectivity index (χ3n) is 4.03. The fourth-order valence-corrected chi connectivity index (χ4v) is 2.86. The van der Waals surface area contributed by atoms with Gasteiger partial charge in [0.1, 0.15) is 17.4 Å². The van der Waals surface area contributed by atoms with Crippen LogP contribution >= 0.6 is 11.6 Å². The monoisotopic (exact) mass is 381 g/mol. The van der Waals surface area contributed by atoms with E-state index < -0.39 is 23.5 Å². The number of nitrogens with one attached hydrogen (secondary N) is 1. The van der Waals surface area contributed by atoms with Gasteiger partial charge in [0, 0.05) is 11.5 Å².